The SMILES string of the molecule is CC(O)CCCC#Cc1ccccc1. The third kappa shape index (κ3) is 4.69. The van der Waals surface area contributed by atoms with Crippen LogP contribution in [0.3, 0.4) is 0 Å². The minimum Gasteiger partial charge on any atom is -0.393 e. The molecule has 0 bridgehead atoms. The van der Waals surface area contributed by atoms with Gasteiger partial charge in [-0.25, -0.2) is 0 Å². The monoisotopic (exact) mass is 188 g/mol. The maximum atomic E-state index is 9.02. The predicted octanol–water partition coefficient (Wildman–Crippen LogP) is 2.59. The van der Waals surface area contributed by atoms with Gasteiger partial charge in [-0.1, -0.05) is 30.0 Å². The molecule has 0 fully saturated rings. The van der Waals surface area contributed by atoms with Crippen molar-refractivity contribution in [2.75, 3.05) is 0 Å². The van der Waals surface area contributed by atoms with E-state index in [1.165, 1.54) is 0 Å². The fourth-order valence-corrected chi connectivity index (χ4v) is 1.17. The summed E-state index contributed by atoms with van der Waals surface area (Å²) < 4.78 is 0. The fourth-order valence-electron chi connectivity index (χ4n) is 1.17. The van der Waals surface area contributed by atoms with Crippen molar-refractivity contribution in [2.24, 2.45) is 0 Å². The Labute approximate surface area is 85.8 Å². The van der Waals surface area contributed by atoms with E-state index in [-0.39, 0.29) is 6.10 Å². The molecule has 1 unspecified atom stereocenters. The quantitative estimate of drug-likeness (QED) is 0.571. The molecule has 0 aliphatic heterocycles. The molecular formula is C13H16O. The van der Waals surface area contributed by atoms with E-state index in [9.17, 15) is 0 Å². The van der Waals surface area contributed by atoms with Gasteiger partial charge >= 0.3 is 0 Å². The van der Waals surface area contributed by atoms with E-state index in [2.05, 4.69) is 11.8 Å². The van der Waals surface area contributed by atoms with Gasteiger partial charge in [-0.2, -0.15) is 0 Å². The molecule has 0 saturated carbocycles. The zero-order valence-corrected chi connectivity index (χ0v) is 8.53. The smallest absolute Gasteiger partial charge is 0.0512 e. The first-order valence-corrected chi connectivity index (χ1v) is 5.01. The molecule has 0 aromatic heterocycles. The second-order valence-electron chi connectivity index (χ2n) is 3.41. The first-order valence-electron chi connectivity index (χ1n) is 5.01. The van der Waals surface area contributed by atoms with Gasteiger partial charge in [0.2, 0.25) is 0 Å². The van der Waals surface area contributed by atoms with Crippen molar-refractivity contribution < 1.29 is 5.11 Å². The maximum Gasteiger partial charge on any atom is 0.0512 e. The van der Waals surface area contributed by atoms with Crippen LogP contribution in [-0.4, -0.2) is 11.2 Å². The standard InChI is InChI=1S/C13H16O/c1-12(14)8-4-2-5-9-13-10-6-3-7-11-13/h3,6-7,10-12,14H,2,4,8H2,1H3. The molecule has 1 atom stereocenters. The van der Waals surface area contributed by atoms with Crippen LogP contribution in [0.4, 0.5) is 0 Å². The Kier molecular flexibility index (Phi) is 4.82. The van der Waals surface area contributed by atoms with Crippen LogP contribution < -0.4 is 0 Å². The van der Waals surface area contributed by atoms with Crippen LogP contribution in [0.5, 0.6) is 0 Å². The molecule has 1 N–H and O–H groups in total. The Morgan fingerprint density at radius 2 is 2.00 bits per heavy atom. The molecule has 1 rings (SSSR count). The first kappa shape index (κ1) is 10.8. The molecular weight excluding hydrogens is 172 g/mol. The summed E-state index contributed by atoms with van der Waals surface area (Å²) in [5, 5.41) is 9.02. The van der Waals surface area contributed by atoms with Crippen molar-refractivity contribution in [1.82, 2.24) is 0 Å². The molecule has 0 spiro atoms. The molecule has 0 aliphatic rings. The van der Waals surface area contributed by atoms with E-state index in [0.29, 0.717) is 0 Å². The number of aliphatic hydroxyl groups excluding tert-OH is 1. The predicted molar refractivity (Wildman–Crippen MR) is 58.9 cm³/mol. The van der Waals surface area contributed by atoms with Crippen LogP contribution in [0.25, 0.3) is 0 Å². The number of hydrogen-bond acceptors (Lipinski definition) is 1. The highest BCUT2D eigenvalue weighted by molar-refractivity contribution is 5.33. The van der Waals surface area contributed by atoms with Gasteiger partial charge in [-0.05, 0) is 31.9 Å². The molecule has 0 amide bonds. The lowest BCUT2D eigenvalue weighted by molar-refractivity contribution is 0.182. The normalized spacial score (nSPS) is 11.6. The number of unbranched alkanes of at least 4 members (excludes halogenated alkanes) is 1. The van der Waals surface area contributed by atoms with Gasteiger partial charge in [0.25, 0.3) is 0 Å². The molecule has 0 saturated heterocycles. The van der Waals surface area contributed by atoms with Crippen LogP contribution >= 0.6 is 0 Å². The Balaban J connectivity index is 2.28. The van der Waals surface area contributed by atoms with E-state index in [1.807, 2.05) is 37.3 Å². The highest BCUT2D eigenvalue weighted by Gasteiger charge is 1.92. The van der Waals surface area contributed by atoms with Crippen molar-refractivity contribution in [3.8, 4) is 11.8 Å². The average Bonchev–Trinajstić information content (AvgIpc) is 2.18. The first-order chi connectivity index (χ1) is 6.79. The van der Waals surface area contributed by atoms with Crippen molar-refractivity contribution in [3.63, 3.8) is 0 Å². The van der Waals surface area contributed by atoms with Crippen LogP contribution in [-0.2, 0) is 0 Å². The summed E-state index contributed by atoms with van der Waals surface area (Å²) in [7, 11) is 0. The Morgan fingerprint density at radius 3 is 2.64 bits per heavy atom. The van der Waals surface area contributed by atoms with Crippen LogP contribution in [0.1, 0.15) is 31.7 Å². The van der Waals surface area contributed by atoms with E-state index >= 15 is 0 Å². The summed E-state index contributed by atoms with van der Waals surface area (Å²) in [6, 6.07) is 9.96. The second-order valence-corrected chi connectivity index (χ2v) is 3.41. The third-order valence-electron chi connectivity index (χ3n) is 1.93. The van der Waals surface area contributed by atoms with Gasteiger partial charge in [-0.15, -0.1) is 0 Å². The van der Waals surface area contributed by atoms with E-state index in [4.69, 9.17) is 5.11 Å². The topological polar surface area (TPSA) is 20.2 Å². The number of aliphatic hydroxyl groups is 1. The van der Waals surface area contributed by atoms with Gasteiger partial charge in [0.05, 0.1) is 6.10 Å². The molecule has 1 aromatic carbocycles. The summed E-state index contributed by atoms with van der Waals surface area (Å²) in [6.45, 7) is 1.81. The molecule has 0 aliphatic carbocycles. The van der Waals surface area contributed by atoms with Gasteiger partial charge in [-0.3, -0.25) is 0 Å². The summed E-state index contributed by atoms with van der Waals surface area (Å²) in [4.78, 5) is 0. The minimum absolute atomic E-state index is 0.200. The molecule has 0 heterocycles. The third-order valence-corrected chi connectivity index (χ3v) is 1.93. The molecule has 1 aromatic rings. The minimum atomic E-state index is -0.200. The largest absolute Gasteiger partial charge is 0.393 e. The van der Waals surface area contributed by atoms with Crippen LogP contribution in [0.15, 0.2) is 30.3 Å². The van der Waals surface area contributed by atoms with E-state index < -0.39 is 0 Å². The number of hydrogen-bond donors (Lipinski definition) is 1. The summed E-state index contributed by atoms with van der Waals surface area (Å²) in [5.74, 6) is 6.18. The summed E-state index contributed by atoms with van der Waals surface area (Å²) in [5.41, 5.74) is 1.06. The maximum absolute atomic E-state index is 9.02. The Bertz CT molecular complexity index is 303. The molecule has 1 nitrogen and oxygen atoms in total. The summed E-state index contributed by atoms with van der Waals surface area (Å²) in [6.07, 6.45) is 2.47. The van der Waals surface area contributed by atoms with E-state index in [0.717, 1.165) is 24.8 Å². The van der Waals surface area contributed by atoms with Gasteiger partial charge in [0, 0.05) is 12.0 Å². The fraction of sp³-hybridized carbons (Fsp3) is 0.385. The van der Waals surface area contributed by atoms with Crippen molar-refractivity contribution in [2.45, 2.75) is 32.3 Å². The lowest BCUT2D eigenvalue weighted by Gasteiger charge is -1.98. The molecule has 74 valence electrons. The number of rotatable bonds is 3. The van der Waals surface area contributed by atoms with Crippen LogP contribution in [0, 0.1) is 11.8 Å². The Hall–Kier alpha value is -1.26. The van der Waals surface area contributed by atoms with Gasteiger partial charge < -0.3 is 5.11 Å². The number of benzene rings is 1. The van der Waals surface area contributed by atoms with Gasteiger partial charge in [0.1, 0.15) is 0 Å². The zero-order valence-electron chi connectivity index (χ0n) is 8.53. The zero-order chi connectivity index (χ0) is 10.2. The van der Waals surface area contributed by atoms with Gasteiger partial charge in [0.15, 0.2) is 0 Å². The summed E-state index contributed by atoms with van der Waals surface area (Å²) >= 11 is 0. The molecule has 14 heavy (non-hydrogen) atoms. The highest BCUT2D eigenvalue weighted by atomic mass is 16.3. The van der Waals surface area contributed by atoms with Crippen molar-refractivity contribution >= 4 is 0 Å². The van der Waals surface area contributed by atoms with Crippen molar-refractivity contribution in [3.05, 3.63) is 35.9 Å². The van der Waals surface area contributed by atoms with Crippen molar-refractivity contribution in [1.29, 1.82) is 0 Å². The van der Waals surface area contributed by atoms with E-state index in [1.54, 1.807) is 0 Å². The second kappa shape index (κ2) is 6.23. The molecule has 1 heteroatoms. The molecule has 0 radical (unpaired) electrons. The lowest BCUT2D eigenvalue weighted by atomic mass is 10.1. The average molecular weight is 188 g/mol. The van der Waals surface area contributed by atoms with Crippen LogP contribution in [0.2, 0.25) is 0 Å². The lowest BCUT2D eigenvalue weighted by Crippen LogP contribution is -1.97. The Morgan fingerprint density at radius 1 is 1.29 bits per heavy atom. The highest BCUT2D eigenvalue weighted by Crippen LogP contribution is 2.00.